The van der Waals surface area contributed by atoms with Crippen molar-refractivity contribution in [3.63, 3.8) is 0 Å². The van der Waals surface area contributed by atoms with E-state index in [1.165, 1.54) is 0 Å². The van der Waals surface area contributed by atoms with Gasteiger partial charge in [0.05, 0.1) is 14.8 Å². The molecule has 1 aromatic carbocycles. The summed E-state index contributed by atoms with van der Waals surface area (Å²) in [6.07, 6.45) is 0.608. The van der Waals surface area contributed by atoms with Gasteiger partial charge in [0.25, 0.3) is 5.91 Å². The summed E-state index contributed by atoms with van der Waals surface area (Å²) in [5.41, 5.74) is 3.01. The molecule has 0 unspecified atom stereocenters. The van der Waals surface area contributed by atoms with E-state index in [-0.39, 0.29) is 5.91 Å². The van der Waals surface area contributed by atoms with Crippen LogP contribution in [0.1, 0.15) is 28.0 Å². The van der Waals surface area contributed by atoms with Crippen LogP contribution in [0.25, 0.3) is 0 Å². The van der Waals surface area contributed by atoms with Gasteiger partial charge < -0.3 is 15.1 Å². The van der Waals surface area contributed by atoms with E-state index in [2.05, 4.69) is 47.3 Å². The topological polar surface area (TPSA) is 66.5 Å². The summed E-state index contributed by atoms with van der Waals surface area (Å²) in [7, 11) is 0. The lowest BCUT2D eigenvalue weighted by Gasteiger charge is -2.05. The van der Waals surface area contributed by atoms with Crippen molar-refractivity contribution in [1.29, 1.82) is 0 Å². The Kier molecular flexibility index (Phi) is 4.63. The van der Waals surface area contributed by atoms with Crippen LogP contribution in [0.5, 0.6) is 0 Å². The smallest absolute Gasteiger partial charge is 0.268 e. The first-order chi connectivity index (χ1) is 10.7. The van der Waals surface area contributed by atoms with Gasteiger partial charge in [-0.2, -0.15) is 0 Å². The number of aromatic amines is 1. The number of hydrogen-bond donors (Lipinski definition) is 2. The Balaban J connectivity index is 1.85. The van der Waals surface area contributed by atoms with E-state index >= 15 is 0 Å². The fourth-order valence-electron chi connectivity index (χ4n) is 2.25. The minimum atomic E-state index is -0.144. The maximum absolute atomic E-state index is 12.0. The molecule has 0 bridgehead atoms. The summed E-state index contributed by atoms with van der Waals surface area (Å²) in [5.74, 6) is -0.144. The number of aromatic nitrogens is 1. The Bertz CT molecular complexity index is 726. The first-order valence-electron chi connectivity index (χ1n) is 6.75. The lowest BCUT2D eigenvalue weighted by Crippen LogP contribution is -2.23. The monoisotopic (exact) mass is 425 g/mol. The van der Waals surface area contributed by atoms with Crippen LogP contribution in [0.3, 0.4) is 0 Å². The van der Waals surface area contributed by atoms with Gasteiger partial charge in [0.1, 0.15) is 12.3 Å². The second kappa shape index (κ2) is 6.66. The van der Waals surface area contributed by atoms with Crippen LogP contribution in [0.2, 0.25) is 0 Å². The molecule has 0 saturated heterocycles. The first kappa shape index (κ1) is 15.3. The van der Waals surface area contributed by atoms with E-state index in [0.29, 0.717) is 29.9 Å². The van der Waals surface area contributed by atoms with Gasteiger partial charge in [-0.25, -0.2) is 0 Å². The van der Waals surface area contributed by atoms with E-state index in [1.54, 1.807) is 0 Å². The third-order valence-electron chi connectivity index (χ3n) is 3.31. The Labute approximate surface area is 144 Å². The predicted molar refractivity (Wildman–Crippen MR) is 90.9 cm³/mol. The third-order valence-corrected chi connectivity index (χ3v) is 5.23. The van der Waals surface area contributed by atoms with Gasteiger partial charge in [0, 0.05) is 18.5 Å². The zero-order valence-electron chi connectivity index (χ0n) is 11.5. The molecule has 22 heavy (non-hydrogen) atoms. The Morgan fingerprint density at radius 1 is 1.23 bits per heavy atom. The Morgan fingerprint density at radius 3 is 2.77 bits per heavy atom. The third kappa shape index (κ3) is 3.10. The number of carbonyl (C=O) groups excluding carboxylic acids is 1. The summed E-state index contributed by atoms with van der Waals surface area (Å²) in [6, 6.07) is 9.83. The highest BCUT2D eigenvalue weighted by atomic mass is 79.9. The van der Waals surface area contributed by atoms with E-state index in [0.717, 1.165) is 21.3 Å². The van der Waals surface area contributed by atoms with Crippen molar-refractivity contribution in [3.8, 4) is 0 Å². The summed E-state index contributed by atoms with van der Waals surface area (Å²) >= 11 is 6.86. The molecule has 1 amide bonds. The second-order valence-corrected chi connectivity index (χ2v) is 6.39. The number of halogens is 2. The fraction of sp³-hybridized carbons (Fsp3) is 0.200. The molecule has 3 rings (SSSR count). The van der Waals surface area contributed by atoms with Gasteiger partial charge in [-0.3, -0.25) is 4.79 Å². The zero-order valence-corrected chi connectivity index (χ0v) is 14.7. The molecule has 0 spiro atoms. The van der Waals surface area contributed by atoms with Crippen LogP contribution in [0, 0.1) is 0 Å². The lowest BCUT2D eigenvalue weighted by molar-refractivity contribution is 0.0951. The average Bonchev–Trinajstić information content (AvgIpc) is 2.73. The molecule has 0 atom stereocenters. The highest BCUT2D eigenvalue weighted by molar-refractivity contribution is 9.13. The number of nitrogens with one attached hydrogen (secondary N) is 2. The molecule has 2 aromatic rings. The SMILES string of the molecule is O=C1NCC/C(=N\OCc2ccccc2)c2c1[nH]c(Br)c2Br. The van der Waals surface area contributed by atoms with Gasteiger partial charge in [0.2, 0.25) is 0 Å². The quantitative estimate of drug-likeness (QED) is 0.736. The molecule has 1 aliphatic heterocycles. The van der Waals surface area contributed by atoms with Crippen LogP contribution in [-0.4, -0.2) is 23.1 Å². The van der Waals surface area contributed by atoms with Crippen LogP contribution in [0.15, 0.2) is 44.6 Å². The molecule has 0 aliphatic carbocycles. The summed E-state index contributed by atoms with van der Waals surface area (Å²) in [4.78, 5) is 20.5. The van der Waals surface area contributed by atoms with E-state index in [1.807, 2.05) is 30.3 Å². The van der Waals surface area contributed by atoms with Gasteiger partial charge in [-0.1, -0.05) is 35.5 Å². The van der Waals surface area contributed by atoms with Crippen molar-refractivity contribution < 1.29 is 9.63 Å². The van der Waals surface area contributed by atoms with Crippen LogP contribution < -0.4 is 5.32 Å². The number of fused-ring (bicyclic) bond motifs is 1. The van der Waals surface area contributed by atoms with Crippen LogP contribution >= 0.6 is 31.9 Å². The van der Waals surface area contributed by atoms with E-state index in [4.69, 9.17) is 4.84 Å². The minimum absolute atomic E-state index is 0.144. The first-order valence-corrected chi connectivity index (χ1v) is 8.33. The molecular weight excluding hydrogens is 414 g/mol. The summed E-state index contributed by atoms with van der Waals surface area (Å²) in [5, 5.41) is 7.07. The van der Waals surface area contributed by atoms with E-state index in [9.17, 15) is 4.79 Å². The molecule has 1 aliphatic rings. The Morgan fingerprint density at radius 2 is 2.00 bits per heavy atom. The molecule has 0 fully saturated rings. The number of carbonyl (C=O) groups is 1. The molecule has 5 nitrogen and oxygen atoms in total. The van der Waals surface area contributed by atoms with Crippen molar-refractivity contribution >= 4 is 43.5 Å². The fourth-order valence-corrected chi connectivity index (χ4v) is 3.17. The van der Waals surface area contributed by atoms with Crippen molar-refractivity contribution in [1.82, 2.24) is 10.3 Å². The lowest BCUT2D eigenvalue weighted by atomic mass is 10.1. The number of hydrogen-bond acceptors (Lipinski definition) is 3. The van der Waals surface area contributed by atoms with Gasteiger partial charge in [-0.05, 0) is 37.4 Å². The molecule has 2 heterocycles. The predicted octanol–water partition coefficient (Wildman–Crippen LogP) is 3.59. The van der Waals surface area contributed by atoms with Crippen molar-refractivity contribution in [2.24, 2.45) is 5.16 Å². The number of nitrogens with zero attached hydrogens (tertiary/aromatic N) is 1. The van der Waals surface area contributed by atoms with Crippen molar-refractivity contribution in [3.05, 3.63) is 56.2 Å². The Hall–Kier alpha value is -1.60. The molecule has 1 aromatic heterocycles. The number of amides is 1. The van der Waals surface area contributed by atoms with Crippen LogP contribution in [0.4, 0.5) is 0 Å². The average molecular weight is 427 g/mol. The molecule has 114 valence electrons. The molecule has 0 radical (unpaired) electrons. The molecular formula is C15H13Br2N3O2. The van der Waals surface area contributed by atoms with Crippen LogP contribution in [-0.2, 0) is 11.4 Å². The number of rotatable bonds is 3. The van der Waals surface area contributed by atoms with Crippen molar-refractivity contribution in [2.75, 3.05) is 6.54 Å². The highest BCUT2D eigenvalue weighted by Crippen LogP contribution is 2.31. The maximum Gasteiger partial charge on any atom is 0.268 e. The van der Waals surface area contributed by atoms with Crippen molar-refractivity contribution in [2.45, 2.75) is 13.0 Å². The molecule has 7 heteroatoms. The second-order valence-electron chi connectivity index (χ2n) is 4.81. The zero-order chi connectivity index (χ0) is 15.5. The summed E-state index contributed by atoms with van der Waals surface area (Å²) in [6.45, 7) is 0.920. The summed E-state index contributed by atoms with van der Waals surface area (Å²) < 4.78 is 1.49. The highest BCUT2D eigenvalue weighted by Gasteiger charge is 2.26. The van der Waals surface area contributed by atoms with Gasteiger partial charge in [0.15, 0.2) is 0 Å². The largest absolute Gasteiger partial charge is 0.391 e. The molecule has 0 saturated carbocycles. The number of oxime groups is 1. The maximum atomic E-state index is 12.0. The normalized spacial score (nSPS) is 16.1. The number of benzene rings is 1. The van der Waals surface area contributed by atoms with Gasteiger partial charge >= 0.3 is 0 Å². The minimum Gasteiger partial charge on any atom is -0.391 e. The van der Waals surface area contributed by atoms with E-state index < -0.39 is 0 Å². The molecule has 2 N–H and O–H groups in total. The standard InChI is InChI=1S/C15H13Br2N3O2/c16-12-11-10(20-22-8-9-4-2-1-3-5-9)6-7-18-15(21)13(11)19-14(12)17/h1-5,19H,6-8H2,(H,18,21)/b20-10+. The van der Waals surface area contributed by atoms with Gasteiger partial charge in [-0.15, -0.1) is 0 Å². The number of H-pyrrole nitrogens is 1.